The molecule has 4 aromatic rings. The van der Waals surface area contributed by atoms with Crippen molar-refractivity contribution in [3.05, 3.63) is 138 Å². The van der Waals surface area contributed by atoms with E-state index in [-0.39, 0.29) is 18.4 Å². The molecule has 0 aliphatic rings. The van der Waals surface area contributed by atoms with Crippen LogP contribution in [0, 0.1) is 5.92 Å². The highest BCUT2D eigenvalue weighted by molar-refractivity contribution is 6.76. The van der Waals surface area contributed by atoms with Gasteiger partial charge in [0.2, 0.25) is 11.8 Å². The van der Waals surface area contributed by atoms with Gasteiger partial charge in [0.1, 0.15) is 12.1 Å². The molecule has 0 unspecified atom stereocenters. The summed E-state index contributed by atoms with van der Waals surface area (Å²) >= 11 is 0. The minimum absolute atomic E-state index is 0.106. The first-order valence-electron chi connectivity index (χ1n) is 18.6. The molecule has 0 saturated carbocycles. The summed E-state index contributed by atoms with van der Waals surface area (Å²) in [5.74, 6) is -1.07. The van der Waals surface area contributed by atoms with Crippen LogP contribution in [0.25, 0.3) is 0 Å². The Bertz CT molecular complexity index is 1620. The van der Waals surface area contributed by atoms with E-state index in [1.165, 1.54) is 0 Å². The van der Waals surface area contributed by atoms with Crippen LogP contribution in [-0.2, 0) is 26.5 Å². The lowest BCUT2D eigenvalue weighted by Gasteiger charge is -2.37. The maximum atomic E-state index is 13.7. The van der Waals surface area contributed by atoms with Gasteiger partial charge in [-0.15, -0.1) is 0 Å². The average molecular weight is 737 g/mol. The Morgan fingerprint density at radius 2 is 1.25 bits per heavy atom. The molecule has 0 bridgehead atoms. The molecule has 0 spiro atoms. The molecule has 4 rings (SSSR count). The van der Waals surface area contributed by atoms with Crippen LogP contribution in [0.15, 0.2) is 115 Å². The lowest BCUT2D eigenvalue weighted by Crippen LogP contribution is -2.54. The highest BCUT2D eigenvalue weighted by Crippen LogP contribution is 2.36. The Morgan fingerprint density at radius 3 is 1.72 bits per heavy atom. The lowest BCUT2D eigenvalue weighted by molar-refractivity contribution is -0.128. The van der Waals surface area contributed by atoms with Crippen LogP contribution in [0.4, 0.5) is 10.5 Å². The van der Waals surface area contributed by atoms with Gasteiger partial charge in [0, 0.05) is 13.8 Å². The van der Waals surface area contributed by atoms with Gasteiger partial charge in [0.05, 0.1) is 18.8 Å². The highest BCUT2D eigenvalue weighted by atomic mass is 28.3. The van der Waals surface area contributed by atoms with Gasteiger partial charge in [-0.2, -0.15) is 0 Å². The molecule has 5 N–H and O–H groups in total. The van der Waals surface area contributed by atoms with Crippen molar-refractivity contribution in [2.75, 3.05) is 18.5 Å². The number of aliphatic hydroxyl groups excluding tert-OH is 1. The SMILES string of the molecule is CC(C)[C@H](NC(=O)OCC[Si](C)(C)C)C(=O)N[C@@H](CCCCNC(c1ccccc1)(c1ccccc1)c1ccccc1)C(=O)Nc1ccc(CO)cc1. The summed E-state index contributed by atoms with van der Waals surface area (Å²) < 4.78 is 5.41. The molecule has 0 fully saturated rings. The number of carbonyl (C=O) groups is 3. The number of hydrogen-bond donors (Lipinski definition) is 5. The molecule has 3 amide bonds. The fraction of sp³-hybridized carbons (Fsp3) is 0.372. The minimum Gasteiger partial charge on any atom is -0.450 e. The molecule has 53 heavy (non-hydrogen) atoms. The Balaban J connectivity index is 1.49. The Labute approximate surface area is 316 Å². The van der Waals surface area contributed by atoms with E-state index in [9.17, 15) is 19.5 Å². The summed E-state index contributed by atoms with van der Waals surface area (Å²) in [6.45, 7) is 11.1. The van der Waals surface area contributed by atoms with Gasteiger partial charge >= 0.3 is 6.09 Å². The summed E-state index contributed by atoms with van der Waals surface area (Å²) in [4.78, 5) is 40.1. The first kappa shape index (κ1) is 41.0. The topological polar surface area (TPSA) is 129 Å². The van der Waals surface area contributed by atoms with Crippen molar-refractivity contribution < 1.29 is 24.2 Å². The maximum Gasteiger partial charge on any atom is 0.407 e. The smallest absolute Gasteiger partial charge is 0.407 e. The number of unbranched alkanes of at least 4 members (excludes halogenated alkanes) is 1. The van der Waals surface area contributed by atoms with E-state index in [1.807, 2.05) is 68.4 Å². The standard InChI is InChI=1S/C43H56N4O5Si/c1-32(2)39(47-42(51)52-29-30-53(3,4)5)41(50)46-38(40(49)45-37-26-24-33(31-48)25-27-37)23-15-16-28-44-43(34-17-9-6-10-18-34,35-19-11-7-12-20-35)36-21-13-8-14-22-36/h6-14,17-22,24-27,32,38-39,44,48H,15-16,23,28-31H2,1-5H3,(H,45,49)(H,46,50)(H,47,51)/t38-,39-/m0/s1. The maximum absolute atomic E-state index is 13.7. The molecule has 2 atom stereocenters. The van der Waals surface area contributed by atoms with Crippen LogP contribution in [0.1, 0.15) is 55.4 Å². The zero-order chi connectivity index (χ0) is 38.3. The first-order valence-corrected chi connectivity index (χ1v) is 22.3. The number of carbonyl (C=O) groups excluding carboxylic acids is 3. The largest absolute Gasteiger partial charge is 0.450 e. The van der Waals surface area contributed by atoms with Gasteiger partial charge in [-0.3, -0.25) is 14.9 Å². The van der Waals surface area contributed by atoms with Crippen molar-refractivity contribution in [1.29, 1.82) is 0 Å². The molecule has 4 aromatic carbocycles. The van der Waals surface area contributed by atoms with Crippen molar-refractivity contribution in [2.24, 2.45) is 5.92 Å². The van der Waals surface area contributed by atoms with Crippen LogP contribution in [0.5, 0.6) is 0 Å². The Kier molecular flexibility index (Phi) is 15.4. The van der Waals surface area contributed by atoms with Crippen LogP contribution in [0.3, 0.4) is 0 Å². The summed E-state index contributed by atoms with van der Waals surface area (Å²) in [6, 6.07) is 37.1. The van der Waals surface area contributed by atoms with Crippen molar-refractivity contribution >= 4 is 31.7 Å². The molecule has 9 nitrogen and oxygen atoms in total. The average Bonchev–Trinajstić information content (AvgIpc) is 3.15. The predicted molar refractivity (Wildman–Crippen MR) is 215 cm³/mol. The molecule has 282 valence electrons. The van der Waals surface area contributed by atoms with Crippen molar-refractivity contribution in [3.63, 3.8) is 0 Å². The molecular formula is C43H56N4O5Si. The van der Waals surface area contributed by atoms with E-state index in [2.05, 4.69) is 77.3 Å². The van der Waals surface area contributed by atoms with E-state index in [0.717, 1.165) is 28.3 Å². The van der Waals surface area contributed by atoms with E-state index in [4.69, 9.17) is 4.74 Å². The van der Waals surface area contributed by atoms with Gasteiger partial charge in [-0.25, -0.2) is 4.79 Å². The van der Waals surface area contributed by atoms with Gasteiger partial charge < -0.3 is 25.8 Å². The van der Waals surface area contributed by atoms with E-state index in [0.29, 0.717) is 38.1 Å². The molecule has 0 aliphatic heterocycles. The number of aliphatic hydroxyl groups is 1. The van der Waals surface area contributed by atoms with Crippen LogP contribution in [0.2, 0.25) is 25.7 Å². The third-order valence-electron chi connectivity index (χ3n) is 9.27. The van der Waals surface area contributed by atoms with Gasteiger partial charge in [0.25, 0.3) is 0 Å². The molecule has 0 aliphatic carbocycles. The van der Waals surface area contributed by atoms with E-state index >= 15 is 0 Å². The van der Waals surface area contributed by atoms with Crippen molar-refractivity contribution in [2.45, 2.75) is 83.0 Å². The van der Waals surface area contributed by atoms with Gasteiger partial charge in [0.15, 0.2) is 0 Å². The van der Waals surface area contributed by atoms with Crippen molar-refractivity contribution in [1.82, 2.24) is 16.0 Å². The number of alkyl carbamates (subject to hydrolysis) is 1. The first-order chi connectivity index (χ1) is 25.4. The summed E-state index contributed by atoms with van der Waals surface area (Å²) in [5.41, 5.74) is 3.99. The fourth-order valence-corrected chi connectivity index (χ4v) is 6.94. The predicted octanol–water partition coefficient (Wildman–Crippen LogP) is 7.44. The summed E-state index contributed by atoms with van der Waals surface area (Å²) in [6.07, 6.45) is 1.07. The number of amides is 3. The number of ether oxygens (including phenoxy) is 1. The molecule has 0 radical (unpaired) electrons. The third kappa shape index (κ3) is 12.1. The summed E-state index contributed by atoms with van der Waals surface area (Å²) in [5, 5.41) is 21.9. The van der Waals surface area contributed by atoms with Gasteiger partial charge in [-0.1, -0.05) is 137 Å². The highest BCUT2D eigenvalue weighted by Gasteiger charge is 2.36. The molecule has 0 heterocycles. The second-order valence-corrected chi connectivity index (χ2v) is 20.6. The van der Waals surface area contributed by atoms with E-state index < -0.39 is 37.7 Å². The number of anilines is 1. The lowest BCUT2D eigenvalue weighted by atomic mass is 9.77. The molecule has 10 heteroatoms. The fourth-order valence-electron chi connectivity index (χ4n) is 6.23. The second kappa shape index (κ2) is 19.9. The van der Waals surface area contributed by atoms with Crippen LogP contribution < -0.4 is 21.3 Å². The monoisotopic (exact) mass is 736 g/mol. The van der Waals surface area contributed by atoms with E-state index in [1.54, 1.807) is 24.3 Å². The van der Waals surface area contributed by atoms with Crippen molar-refractivity contribution in [3.8, 4) is 0 Å². The zero-order valence-corrected chi connectivity index (χ0v) is 32.7. The van der Waals surface area contributed by atoms with Crippen LogP contribution >= 0.6 is 0 Å². The molecular weight excluding hydrogens is 681 g/mol. The quantitative estimate of drug-likeness (QED) is 0.0387. The number of hydrogen-bond acceptors (Lipinski definition) is 6. The number of benzene rings is 4. The second-order valence-electron chi connectivity index (χ2n) is 15.0. The minimum atomic E-state index is -1.41. The Hall–Kier alpha value is -4.77. The number of nitrogens with one attached hydrogen (secondary N) is 4. The Morgan fingerprint density at radius 1 is 0.717 bits per heavy atom. The zero-order valence-electron chi connectivity index (χ0n) is 31.7. The van der Waals surface area contributed by atoms with Crippen LogP contribution in [-0.4, -0.2) is 56.3 Å². The molecule has 0 aromatic heterocycles. The summed E-state index contributed by atoms with van der Waals surface area (Å²) in [7, 11) is -1.41. The normalized spacial score (nSPS) is 12.8. The third-order valence-corrected chi connectivity index (χ3v) is 11.0. The van der Waals surface area contributed by atoms with Gasteiger partial charge in [-0.05, 0) is 72.2 Å². The molecule has 0 saturated heterocycles. The number of rotatable bonds is 19.